The second-order valence-electron chi connectivity index (χ2n) is 3.29. The monoisotopic (exact) mass is 194 g/mol. The summed E-state index contributed by atoms with van der Waals surface area (Å²) in [6.07, 6.45) is 0.831. The van der Waals surface area contributed by atoms with E-state index in [4.69, 9.17) is 0 Å². The van der Waals surface area contributed by atoms with Crippen LogP contribution in [0.4, 0.5) is 9.18 Å². The predicted octanol–water partition coefficient (Wildman–Crippen LogP) is 1.57. The SMILES string of the molecule is O=C1NCCC(c2ccc(F)cc2)N1. The van der Waals surface area contributed by atoms with E-state index in [1.165, 1.54) is 12.1 Å². The van der Waals surface area contributed by atoms with Crippen molar-refractivity contribution < 1.29 is 9.18 Å². The summed E-state index contributed by atoms with van der Waals surface area (Å²) < 4.78 is 12.6. The van der Waals surface area contributed by atoms with Crippen molar-refractivity contribution in [1.82, 2.24) is 10.6 Å². The molecular weight excluding hydrogens is 183 g/mol. The molecule has 0 saturated carbocycles. The molecular formula is C10H11FN2O. The summed E-state index contributed by atoms with van der Waals surface area (Å²) in [5.74, 6) is -0.256. The Morgan fingerprint density at radius 3 is 2.64 bits per heavy atom. The third-order valence-electron chi connectivity index (χ3n) is 2.30. The maximum atomic E-state index is 12.6. The van der Waals surface area contributed by atoms with Crippen molar-refractivity contribution in [2.24, 2.45) is 0 Å². The lowest BCUT2D eigenvalue weighted by atomic mass is 10.0. The molecule has 1 fully saturated rings. The Hall–Kier alpha value is -1.58. The second-order valence-corrected chi connectivity index (χ2v) is 3.29. The average molecular weight is 194 g/mol. The molecule has 3 nitrogen and oxygen atoms in total. The van der Waals surface area contributed by atoms with Crippen LogP contribution in [0, 0.1) is 5.82 Å². The Balaban J connectivity index is 2.14. The zero-order valence-electron chi connectivity index (χ0n) is 7.59. The van der Waals surface area contributed by atoms with E-state index in [1.807, 2.05) is 0 Å². The van der Waals surface area contributed by atoms with Crippen molar-refractivity contribution >= 4 is 6.03 Å². The largest absolute Gasteiger partial charge is 0.338 e. The van der Waals surface area contributed by atoms with E-state index in [2.05, 4.69) is 10.6 Å². The molecule has 1 unspecified atom stereocenters. The first-order chi connectivity index (χ1) is 6.75. The number of rotatable bonds is 1. The first kappa shape index (κ1) is 8.99. The van der Waals surface area contributed by atoms with E-state index in [1.54, 1.807) is 12.1 Å². The molecule has 2 rings (SSSR count). The van der Waals surface area contributed by atoms with Gasteiger partial charge in [-0.2, -0.15) is 0 Å². The molecule has 1 aromatic rings. The van der Waals surface area contributed by atoms with Gasteiger partial charge in [0.2, 0.25) is 0 Å². The van der Waals surface area contributed by atoms with Gasteiger partial charge in [0.15, 0.2) is 0 Å². The molecule has 14 heavy (non-hydrogen) atoms. The van der Waals surface area contributed by atoms with Crippen LogP contribution in [0.25, 0.3) is 0 Å². The standard InChI is InChI=1S/C10H11FN2O/c11-8-3-1-7(2-4-8)9-5-6-12-10(14)13-9/h1-4,9H,5-6H2,(H2,12,13,14). The fraction of sp³-hybridized carbons (Fsp3) is 0.300. The minimum Gasteiger partial charge on any atom is -0.338 e. The van der Waals surface area contributed by atoms with E-state index in [-0.39, 0.29) is 17.9 Å². The number of nitrogens with one attached hydrogen (secondary N) is 2. The molecule has 1 aliphatic rings. The van der Waals surface area contributed by atoms with Crippen molar-refractivity contribution in [2.45, 2.75) is 12.5 Å². The van der Waals surface area contributed by atoms with Gasteiger partial charge in [0, 0.05) is 6.54 Å². The summed E-state index contributed by atoms with van der Waals surface area (Å²) >= 11 is 0. The van der Waals surface area contributed by atoms with Crippen LogP contribution in [0.5, 0.6) is 0 Å². The van der Waals surface area contributed by atoms with Crippen molar-refractivity contribution in [1.29, 1.82) is 0 Å². The quantitative estimate of drug-likeness (QED) is 0.700. The van der Waals surface area contributed by atoms with Gasteiger partial charge in [-0.25, -0.2) is 9.18 Å². The first-order valence-corrected chi connectivity index (χ1v) is 4.55. The Morgan fingerprint density at radius 1 is 1.29 bits per heavy atom. The van der Waals surface area contributed by atoms with E-state index in [9.17, 15) is 9.18 Å². The number of amides is 2. The summed E-state index contributed by atoms with van der Waals surface area (Å²) in [5.41, 5.74) is 0.946. The van der Waals surface area contributed by atoms with Crippen molar-refractivity contribution in [3.05, 3.63) is 35.6 Å². The number of carbonyl (C=O) groups is 1. The molecule has 0 bridgehead atoms. The van der Waals surface area contributed by atoms with Crippen molar-refractivity contribution in [3.8, 4) is 0 Å². The maximum absolute atomic E-state index is 12.6. The summed E-state index contributed by atoms with van der Waals surface area (Å²) in [6.45, 7) is 0.661. The number of halogens is 1. The lowest BCUT2D eigenvalue weighted by Crippen LogP contribution is -2.44. The zero-order valence-corrected chi connectivity index (χ0v) is 7.59. The van der Waals surface area contributed by atoms with Crippen LogP contribution in [-0.2, 0) is 0 Å². The van der Waals surface area contributed by atoms with Gasteiger partial charge in [-0.05, 0) is 24.1 Å². The lowest BCUT2D eigenvalue weighted by Gasteiger charge is -2.24. The summed E-state index contributed by atoms with van der Waals surface area (Å²) in [4.78, 5) is 11.0. The van der Waals surface area contributed by atoms with Crippen molar-refractivity contribution in [3.63, 3.8) is 0 Å². The smallest absolute Gasteiger partial charge is 0.315 e. The molecule has 0 spiro atoms. The molecule has 1 aliphatic heterocycles. The predicted molar refractivity (Wildman–Crippen MR) is 50.3 cm³/mol. The Bertz CT molecular complexity index is 336. The van der Waals surface area contributed by atoms with Crippen LogP contribution in [0.1, 0.15) is 18.0 Å². The summed E-state index contributed by atoms with van der Waals surface area (Å²) in [5, 5.41) is 5.45. The Morgan fingerprint density at radius 2 is 2.00 bits per heavy atom. The highest BCUT2D eigenvalue weighted by Crippen LogP contribution is 2.18. The van der Waals surface area contributed by atoms with E-state index in [0.29, 0.717) is 6.54 Å². The summed E-state index contributed by atoms with van der Waals surface area (Å²) in [6, 6.07) is 6.06. The van der Waals surface area contributed by atoms with Gasteiger partial charge >= 0.3 is 6.03 Å². The van der Waals surface area contributed by atoms with Gasteiger partial charge in [-0.3, -0.25) is 0 Å². The van der Waals surface area contributed by atoms with Gasteiger partial charge < -0.3 is 10.6 Å². The minimum atomic E-state index is -0.256. The zero-order chi connectivity index (χ0) is 9.97. The number of hydrogen-bond donors (Lipinski definition) is 2. The molecule has 1 aromatic carbocycles. The molecule has 0 aliphatic carbocycles. The lowest BCUT2D eigenvalue weighted by molar-refractivity contribution is 0.229. The molecule has 1 heterocycles. The number of carbonyl (C=O) groups excluding carboxylic acids is 1. The third-order valence-corrected chi connectivity index (χ3v) is 2.30. The van der Waals surface area contributed by atoms with Gasteiger partial charge in [0.25, 0.3) is 0 Å². The highest BCUT2D eigenvalue weighted by molar-refractivity contribution is 5.75. The molecule has 74 valence electrons. The van der Waals surface area contributed by atoms with Crippen LogP contribution in [0.3, 0.4) is 0 Å². The van der Waals surface area contributed by atoms with Gasteiger partial charge in [-0.1, -0.05) is 12.1 Å². The molecule has 1 atom stereocenters. The molecule has 2 amide bonds. The Kier molecular flexibility index (Phi) is 2.35. The van der Waals surface area contributed by atoms with E-state index in [0.717, 1.165) is 12.0 Å². The number of hydrogen-bond acceptors (Lipinski definition) is 1. The van der Waals surface area contributed by atoms with Gasteiger partial charge in [0.05, 0.1) is 6.04 Å². The number of benzene rings is 1. The van der Waals surface area contributed by atoms with Crippen LogP contribution in [0.15, 0.2) is 24.3 Å². The van der Waals surface area contributed by atoms with Gasteiger partial charge in [0.1, 0.15) is 5.82 Å². The molecule has 1 saturated heterocycles. The van der Waals surface area contributed by atoms with Crippen molar-refractivity contribution in [2.75, 3.05) is 6.54 Å². The minimum absolute atomic E-state index is 0.00403. The fourth-order valence-corrected chi connectivity index (χ4v) is 1.56. The van der Waals surface area contributed by atoms with E-state index >= 15 is 0 Å². The molecule has 4 heteroatoms. The molecule has 2 N–H and O–H groups in total. The van der Waals surface area contributed by atoms with Crippen LogP contribution in [-0.4, -0.2) is 12.6 Å². The maximum Gasteiger partial charge on any atom is 0.315 e. The van der Waals surface area contributed by atoms with E-state index < -0.39 is 0 Å². The second kappa shape index (κ2) is 3.65. The topological polar surface area (TPSA) is 41.1 Å². The normalized spacial score (nSPS) is 21.2. The average Bonchev–Trinajstić information content (AvgIpc) is 2.19. The first-order valence-electron chi connectivity index (χ1n) is 4.55. The Labute approximate surface area is 81.3 Å². The fourth-order valence-electron chi connectivity index (χ4n) is 1.56. The molecule has 0 radical (unpaired) electrons. The highest BCUT2D eigenvalue weighted by atomic mass is 19.1. The molecule has 0 aromatic heterocycles. The van der Waals surface area contributed by atoms with Crippen LogP contribution < -0.4 is 10.6 Å². The summed E-state index contributed by atoms with van der Waals surface area (Å²) in [7, 11) is 0. The highest BCUT2D eigenvalue weighted by Gasteiger charge is 2.18. The van der Waals surface area contributed by atoms with Gasteiger partial charge in [-0.15, -0.1) is 0 Å². The van der Waals surface area contributed by atoms with Crippen LogP contribution >= 0.6 is 0 Å². The third kappa shape index (κ3) is 1.84. The number of urea groups is 1. The van der Waals surface area contributed by atoms with Crippen LogP contribution in [0.2, 0.25) is 0 Å².